The highest BCUT2D eigenvalue weighted by Gasteiger charge is 2.81. The van der Waals surface area contributed by atoms with Crippen LogP contribution in [0.4, 0.5) is 0 Å². The summed E-state index contributed by atoms with van der Waals surface area (Å²) in [4.78, 5) is 2.36. The third-order valence-electron chi connectivity index (χ3n) is 7.17. The van der Waals surface area contributed by atoms with Crippen LogP contribution in [-0.4, -0.2) is 29.7 Å². The van der Waals surface area contributed by atoms with Crippen LogP contribution in [0.2, 0.25) is 0 Å². The lowest BCUT2D eigenvalue weighted by Crippen LogP contribution is -2.57. The zero-order valence-corrected chi connectivity index (χ0v) is 18.1. The molecule has 2 fully saturated rings. The topological polar surface area (TPSA) is 25.0 Å². The average molecular weight is 400 g/mol. The third kappa shape index (κ3) is 2.37. The van der Waals surface area contributed by atoms with Crippen molar-refractivity contribution in [3.8, 4) is 0 Å². The zero-order chi connectivity index (χ0) is 21.0. The largest absolute Gasteiger partial charge is 0.351 e. The van der Waals surface area contributed by atoms with Crippen molar-refractivity contribution in [2.75, 3.05) is 13.7 Å². The van der Waals surface area contributed by atoms with Gasteiger partial charge < -0.3 is 9.47 Å². The first-order valence-corrected chi connectivity index (χ1v) is 10.6. The first-order chi connectivity index (χ1) is 14.4. The Bertz CT molecular complexity index is 995. The van der Waals surface area contributed by atoms with E-state index in [2.05, 4.69) is 124 Å². The molecule has 2 unspecified atom stereocenters. The lowest BCUT2D eigenvalue weighted by atomic mass is 9.73. The van der Waals surface area contributed by atoms with E-state index in [-0.39, 0.29) is 5.54 Å². The van der Waals surface area contributed by atoms with Crippen molar-refractivity contribution in [3.63, 3.8) is 0 Å². The molecule has 2 heterocycles. The van der Waals surface area contributed by atoms with Crippen LogP contribution < -0.4 is 0 Å². The fourth-order valence-electron chi connectivity index (χ4n) is 5.34. The molecule has 3 aromatic rings. The lowest BCUT2D eigenvalue weighted by molar-refractivity contribution is -0.137. The van der Waals surface area contributed by atoms with E-state index in [9.17, 15) is 0 Å². The van der Waals surface area contributed by atoms with Gasteiger partial charge in [-0.25, -0.2) is 0 Å². The van der Waals surface area contributed by atoms with Gasteiger partial charge in [0.1, 0.15) is 0 Å². The van der Waals surface area contributed by atoms with E-state index in [0.29, 0.717) is 6.61 Å². The molecule has 5 rings (SSSR count). The maximum Gasteiger partial charge on any atom is 0.180 e. The lowest BCUT2D eigenvalue weighted by Gasteiger charge is -2.44. The summed E-state index contributed by atoms with van der Waals surface area (Å²) >= 11 is 0. The first kappa shape index (κ1) is 19.5. The normalized spacial score (nSPS) is 29.6. The average Bonchev–Trinajstić information content (AvgIpc) is 3.36. The molecule has 0 N–H and O–H groups in total. The van der Waals surface area contributed by atoms with E-state index in [1.165, 1.54) is 0 Å². The summed E-state index contributed by atoms with van der Waals surface area (Å²) in [5.41, 5.74) is 1.36. The molecular weight excluding hydrogens is 370 g/mol. The summed E-state index contributed by atoms with van der Waals surface area (Å²) in [6, 6.07) is 31.6. The summed E-state index contributed by atoms with van der Waals surface area (Å²) in [5.74, 6) is 0. The molecule has 2 aliphatic heterocycles. The van der Waals surface area contributed by atoms with Gasteiger partial charge in [-0.2, -0.15) is 0 Å². The molecule has 154 valence electrons. The van der Waals surface area contributed by atoms with Gasteiger partial charge in [0, 0.05) is 11.1 Å². The van der Waals surface area contributed by atoms with Gasteiger partial charge in [-0.15, -0.1) is 0 Å². The highest BCUT2D eigenvalue weighted by atomic mass is 16.7. The van der Waals surface area contributed by atoms with Gasteiger partial charge in [-0.05, 0) is 38.9 Å². The van der Waals surface area contributed by atoms with Crippen molar-refractivity contribution in [1.29, 1.82) is 0 Å². The number of likely N-dealkylation sites (N-methyl/N-ethyl adjacent to an activating group) is 1. The number of rotatable bonds is 4. The van der Waals surface area contributed by atoms with Gasteiger partial charge >= 0.3 is 0 Å². The first-order valence-electron chi connectivity index (χ1n) is 10.6. The summed E-state index contributed by atoms with van der Waals surface area (Å²) in [5, 5.41) is 0. The van der Waals surface area contributed by atoms with E-state index >= 15 is 0 Å². The van der Waals surface area contributed by atoms with Crippen molar-refractivity contribution in [2.24, 2.45) is 0 Å². The molecule has 2 atom stereocenters. The van der Waals surface area contributed by atoms with Gasteiger partial charge in [0.25, 0.3) is 0 Å². The van der Waals surface area contributed by atoms with Gasteiger partial charge in [-0.1, -0.05) is 91.0 Å². The smallest absolute Gasteiger partial charge is 0.180 e. The van der Waals surface area contributed by atoms with Crippen molar-refractivity contribution >= 4 is 0 Å². The van der Waals surface area contributed by atoms with Crippen molar-refractivity contribution in [3.05, 3.63) is 108 Å². The SMILES string of the molecule is CN1C(C)(C)COC1(c1ccccc1)C1(C)OC1(c1ccccc1)c1ccccc1. The monoisotopic (exact) mass is 399 g/mol. The minimum absolute atomic E-state index is 0.121. The van der Waals surface area contributed by atoms with Crippen molar-refractivity contribution in [2.45, 2.75) is 43.2 Å². The number of epoxide rings is 1. The van der Waals surface area contributed by atoms with Crippen LogP contribution in [0.15, 0.2) is 91.0 Å². The summed E-state index contributed by atoms with van der Waals surface area (Å²) < 4.78 is 13.7. The van der Waals surface area contributed by atoms with E-state index in [4.69, 9.17) is 9.47 Å². The number of hydrogen-bond acceptors (Lipinski definition) is 3. The van der Waals surface area contributed by atoms with Crippen LogP contribution in [0.1, 0.15) is 37.5 Å². The molecule has 2 saturated heterocycles. The number of hydrogen-bond donors (Lipinski definition) is 0. The number of benzene rings is 3. The van der Waals surface area contributed by atoms with Gasteiger partial charge in [0.05, 0.1) is 6.61 Å². The fraction of sp³-hybridized carbons (Fsp3) is 0.333. The number of ether oxygens (including phenoxy) is 2. The third-order valence-corrected chi connectivity index (χ3v) is 7.17. The molecule has 0 saturated carbocycles. The highest BCUT2D eigenvalue weighted by molar-refractivity contribution is 5.50. The molecule has 3 heteroatoms. The predicted molar refractivity (Wildman–Crippen MR) is 119 cm³/mol. The van der Waals surface area contributed by atoms with Crippen LogP contribution in [0.5, 0.6) is 0 Å². The fourth-order valence-corrected chi connectivity index (χ4v) is 5.34. The Balaban J connectivity index is 1.76. The summed E-state index contributed by atoms with van der Waals surface area (Å²) in [6.45, 7) is 7.31. The Morgan fingerprint density at radius 1 is 0.667 bits per heavy atom. The van der Waals surface area contributed by atoms with Crippen LogP contribution in [0.3, 0.4) is 0 Å². The molecule has 0 aromatic heterocycles. The Labute approximate surface area is 179 Å². The molecule has 0 radical (unpaired) electrons. The molecule has 0 spiro atoms. The second-order valence-electron chi connectivity index (χ2n) is 9.22. The van der Waals surface area contributed by atoms with E-state index < -0.39 is 16.9 Å². The quantitative estimate of drug-likeness (QED) is 0.556. The van der Waals surface area contributed by atoms with Crippen molar-refractivity contribution in [1.82, 2.24) is 4.90 Å². The van der Waals surface area contributed by atoms with Crippen LogP contribution in [0, 0.1) is 0 Å². The Kier molecular flexibility index (Phi) is 4.24. The number of nitrogens with zero attached hydrogens (tertiary/aromatic N) is 1. The minimum atomic E-state index is -0.719. The molecule has 3 aromatic carbocycles. The van der Waals surface area contributed by atoms with Gasteiger partial charge in [0.2, 0.25) is 0 Å². The zero-order valence-electron chi connectivity index (χ0n) is 18.1. The highest BCUT2D eigenvalue weighted by Crippen LogP contribution is 2.70. The summed E-state index contributed by atoms with van der Waals surface area (Å²) in [6.07, 6.45) is 0. The molecular formula is C27H29NO2. The molecule has 0 bridgehead atoms. The molecule has 2 aliphatic rings. The standard InChI is InChI=1S/C27H29NO2/c1-24(2)20-29-27(28(24)4,23-18-12-7-13-19-23)25(3)26(30-25,21-14-8-5-9-15-21)22-16-10-6-11-17-22/h5-19H,20H2,1-4H3. The predicted octanol–water partition coefficient (Wildman–Crippen LogP) is 5.31. The summed E-state index contributed by atoms with van der Waals surface area (Å²) in [7, 11) is 2.16. The molecule has 0 aliphatic carbocycles. The maximum absolute atomic E-state index is 6.90. The van der Waals surface area contributed by atoms with E-state index in [1.807, 2.05) is 0 Å². The Morgan fingerprint density at radius 2 is 1.10 bits per heavy atom. The van der Waals surface area contributed by atoms with E-state index in [0.717, 1.165) is 16.7 Å². The Morgan fingerprint density at radius 3 is 1.50 bits per heavy atom. The van der Waals surface area contributed by atoms with Crippen LogP contribution in [-0.2, 0) is 20.8 Å². The molecule has 30 heavy (non-hydrogen) atoms. The second kappa shape index (κ2) is 6.52. The Hall–Kier alpha value is -2.46. The maximum atomic E-state index is 6.90. The second-order valence-corrected chi connectivity index (χ2v) is 9.22. The van der Waals surface area contributed by atoms with Crippen LogP contribution >= 0.6 is 0 Å². The van der Waals surface area contributed by atoms with Crippen molar-refractivity contribution < 1.29 is 9.47 Å². The van der Waals surface area contributed by atoms with E-state index in [1.54, 1.807) is 0 Å². The van der Waals surface area contributed by atoms with Crippen LogP contribution in [0.25, 0.3) is 0 Å². The molecule has 0 amide bonds. The van der Waals surface area contributed by atoms with Gasteiger partial charge in [0.15, 0.2) is 16.9 Å². The molecule has 3 nitrogen and oxygen atoms in total. The van der Waals surface area contributed by atoms with Gasteiger partial charge in [-0.3, -0.25) is 4.90 Å². The minimum Gasteiger partial charge on any atom is -0.351 e.